The average molecular weight is 409 g/mol. The zero-order valence-electron chi connectivity index (χ0n) is 16.9. The molecular formula is C22H23N3O5. The minimum atomic E-state index is -0.558. The molecule has 1 aliphatic heterocycles. The fourth-order valence-electron chi connectivity index (χ4n) is 4.05. The van der Waals surface area contributed by atoms with Gasteiger partial charge in [-0.2, -0.15) is 0 Å². The van der Waals surface area contributed by atoms with E-state index in [1.54, 1.807) is 13.8 Å². The van der Waals surface area contributed by atoms with Crippen molar-refractivity contribution >= 4 is 28.9 Å². The molecule has 0 bridgehead atoms. The number of rotatable bonds is 5. The van der Waals surface area contributed by atoms with Gasteiger partial charge in [0.1, 0.15) is 6.61 Å². The molecule has 1 aromatic carbocycles. The number of hydrogen-bond donors (Lipinski definition) is 2. The molecule has 1 aromatic heterocycles. The molecular weight excluding hydrogens is 386 g/mol. The van der Waals surface area contributed by atoms with Gasteiger partial charge in [0.05, 0.1) is 35.0 Å². The van der Waals surface area contributed by atoms with E-state index in [0.717, 1.165) is 41.4 Å². The Kier molecular flexibility index (Phi) is 5.39. The average Bonchev–Trinajstić information content (AvgIpc) is 3.17. The molecule has 2 heterocycles. The SMILES string of the molecule is CCOC(=O)C1=C(COC(=O)c2c3c(nc4ccccc24)CCC3)NC(=O)NC1C. The largest absolute Gasteiger partial charge is 0.463 e. The van der Waals surface area contributed by atoms with Crippen LogP contribution in [0.2, 0.25) is 0 Å². The van der Waals surface area contributed by atoms with Crippen LogP contribution in [-0.2, 0) is 27.1 Å². The summed E-state index contributed by atoms with van der Waals surface area (Å²) >= 11 is 0. The highest BCUT2D eigenvalue weighted by Gasteiger charge is 2.31. The number of amides is 2. The number of benzene rings is 1. The summed E-state index contributed by atoms with van der Waals surface area (Å²) in [6, 6.07) is 6.46. The Labute approximate surface area is 173 Å². The third-order valence-corrected chi connectivity index (χ3v) is 5.34. The molecule has 0 saturated carbocycles. The predicted octanol–water partition coefficient (Wildman–Crippen LogP) is 2.40. The number of nitrogens with one attached hydrogen (secondary N) is 2. The number of hydrogen-bond acceptors (Lipinski definition) is 6. The van der Waals surface area contributed by atoms with Crippen LogP contribution in [0.25, 0.3) is 10.9 Å². The molecule has 30 heavy (non-hydrogen) atoms. The number of aromatic nitrogens is 1. The molecule has 1 unspecified atom stereocenters. The van der Waals surface area contributed by atoms with Gasteiger partial charge in [-0.15, -0.1) is 0 Å². The molecule has 1 aliphatic carbocycles. The van der Waals surface area contributed by atoms with Crippen molar-refractivity contribution in [3.63, 3.8) is 0 Å². The van der Waals surface area contributed by atoms with Gasteiger partial charge in [0.15, 0.2) is 0 Å². The van der Waals surface area contributed by atoms with Crippen LogP contribution in [0, 0.1) is 0 Å². The van der Waals surface area contributed by atoms with Crippen molar-refractivity contribution in [3.8, 4) is 0 Å². The second kappa shape index (κ2) is 8.14. The smallest absolute Gasteiger partial charge is 0.339 e. The van der Waals surface area contributed by atoms with Crippen LogP contribution in [0.15, 0.2) is 35.5 Å². The molecule has 0 saturated heterocycles. The third kappa shape index (κ3) is 3.60. The number of pyridine rings is 1. The maximum atomic E-state index is 13.1. The Bertz CT molecular complexity index is 1080. The standard InChI is InChI=1S/C22H23N3O5/c1-3-29-20(26)18-12(2)23-22(28)25-17(18)11-30-21(27)19-13-7-4-5-9-15(13)24-16-10-6-8-14(16)19/h4-5,7,9,12H,3,6,8,10-11H2,1-2H3,(H2,23,25,28). The summed E-state index contributed by atoms with van der Waals surface area (Å²) in [5, 5.41) is 5.93. The first-order valence-corrected chi connectivity index (χ1v) is 10.0. The quantitative estimate of drug-likeness (QED) is 0.735. The number of carbonyl (C=O) groups excluding carboxylic acids is 3. The lowest BCUT2D eigenvalue weighted by Crippen LogP contribution is -2.50. The molecule has 0 fully saturated rings. The van der Waals surface area contributed by atoms with E-state index in [9.17, 15) is 14.4 Å². The molecule has 2 aromatic rings. The highest BCUT2D eigenvalue weighted by atomic mass is 16.5. The molecule has 0 spiro atoms. The highest BCUT2D eigenvalue weighted by molar-refractivity contribution is 6.05. The van der Waals surface area contributed by atoms with E-state index in [2.05, 4.69) is 15.6 Å². The van der Waals surface area contributed by atoms with Gasteiger partial charge in [-0.1, -0.05) is 18.2 Å². The third-order valence-electron chi connectivity index (χ3n) is 5.34. The first-order chi connectivity index (χ1) is 14.5. The second-order valence-corrected chi connectivity index (χ2v) is 7.29. The molecule has 2 N–H and O–H groups in total. The van der Waals surface area contributed by atoms with Crippen molar-refractivity contribution in [2.75, 3.05) is 13.2 Å². The first-order valence-electron chi connectivity index (χ1n) is 10.0. The normalized spacial score (nSPS) is 17.9. The molecule has 2 amide bonds. The zero-order valence-corrected chi connectivity index (χ0v) is 16.9. The zero-order chi connectivity index (χ0) is 21.3. The summed E-state index contributed by atoms with van der Waals surface area (Å²) in [6.45, 7) is 3.34. The molecule has 4 rings (SSSR count). The van der Waals surface area contributed by atoms with Gasteiger partial charge >= 0.3 is 18.0 Å². The van der Waals surface area contributed by atoms with Crippen LogP contribution in [0.4, 0.5) is 4.79 Å². The van der Waals surface area contributed by atoms with Crippen LogP contribution in [-0.4, -0.2) is 42.2 Å². The molecule has 156 valence electrons. The fourth-order valence-corrected chi connectivity index (χ4v) is 4.05. The molecule has 8 heteroatoms. The Morgan fingerprint density at radius 3 is 2.77 bits per heavy atom. The van der Waals surface area contributed by atoms with Crippen molar-refractivity contribution in [1.82, 2.24) is 15.6 Å². The molecule has 1 atom stereocenters. The number of esters is 2. The monoisotopic (exact) mass is 409 g/mol. The van der Waals surface area contributed by atoms with Crippen molar-refractivity contribution in [1.29, 1.82) is 0 Å². The lowest BCUT2D eigenvalue weighted by Gasteiger charge is -2.26. The van der Waals surface area contributed by atoms with E-state index in [1.165, 1.54) is 0 Å². The number of fused-ring (bicyclic) bond motifs is 2. The van der Waals surface area contributed by atoms with Crippen molar-refractivity contribution in [3.05, 3.63) is 52.4 Å². The fraction of sp³-hybridized carbons (Fsp3) is 0.364. The predicted molar refractivity (Wildman–Crippen MR) is 109 cm³/mol. The van der Waals surface area contributed by atoms with Gasteiger partial charge in [0.2, 0.25) is 0 Å². The first kappa shape index (κ1) is 19.9. The van der Waals surface area contributed by atoms with Crippen LogP contribution in [0.3, 0.4) is 0 Å². The Morgan fingerprint density at radius 2 is 1.97 bits per heavy atom. The maximum absolute atomic E-state index is 13.1. The topological polar surface area (TPSA) is 107 Å². The van der Waals surface area contributed by atoms with E-state index >= 15 is 0 Å². The van der Waals surface area contributed by atoms with Crippen molar-refractivity contribution in [2.24, 2.45) is 0 Å². The van der Waals surface area contributed by atoms with E-state index in [0.29, 0.717) is 5.56 Å². The minimum Gasteiger partial charge on any atom is -0.463 e. The van der Waals surface area contributed by atoms with Crippen molar-refractivity contribution in [2.45, 2.75) is 39.2 Å². The van der Waals surface area contributed by atoms with Crippen LogP contribution >= 0.6 is 0 Å². The van der Waals surface area contributed by atoms with Gasteiger partial charge in [-0.3, -0.25) is 4.98 Å². The van der Waals surface area contributed by atoms with Gasteiger partial charge in [0.25, 0.3) is 0 Å². The van der Waals surface area contributed by atoms with E-state index in [-0.39, 0.29) is 24.5 Å². The Morgan fingerprint density at radius 1 is 1.17 bits per heavy atom. The number of ether oxygens (including phenoxy) is 2. The number of urea groups is 1. The van der Waals surface area contributed by atoms with Crippen LogP contribution in [0.1, 0.15) is 41.9 Å². The maximum Gasteiger partial charge on any atom is 0.339 e. The number of para-hydroxylation sites is 1. The summed E-state index contributed by atoms with van der Waals surface area (Å²) in [6.07, 6.45) is 2.54. The summed E-state index contributed by atoms with van der Waals surface area (Å²) in [5.41, 5.74) is 3.58. The van der Waals surface area contributed by atoms with E-state index in [1.807, 2.05) is 24.3 Å². The van der Waals surface area contributed by atoms with Gasteiger partial charge in [-0.25, -0.2) is 14.4 Å². The van der Waals surface area contributed by atoms with E-state index in [4.69, 9.17) is 9.47 Å². The van der Waals surface area contributed by atoms with Gasteiger partial charge < -0.3 is 20.1 Å². The molecule has 0 radical (unpaired) electrons. The Balaban J connectivity index is 1.65. The summed E-state index contributed by atoms with van der Waals surface area (Å²) < 4.78 is 10.7. The molecule has 2 aliphatic rings. The Hall–Kier alpha value is -3.42. The van der Waals surface area contributed by atoms with Crippen LogP contribution in [0.5, 0.6) is 0 Å². The van der Waals surface area contributed by atoms with Gasteiger partial charge in [-0.05, 0) is 44.7 Å². The summed E-state index contributed by atoms with van der Waals surface area (Å²) in [4.78, 5) is 42.0. The summed E-state index contributed by atoms with van der Waals surface area (Å²) in [5.74, 6) is -1.05. The minimum absolute atomic E-state index is 0.200. The molecule has 8 nitrogen and oxygen atoms in total. The second-order valence-electron chi connectivity index (χ2n) is 7.29. The number of aryl methyl sites for hydroxylation is 1. The number of nitrogens with zero attached hydrogens (tertiary/aromatic N) is 1. The van der Waals surface area contributed by atoms with Gasteiger partial charge in [0, 0.05) is 11.1 Å². The highest BCUT2D eigenvalue weighted by Crippen LogP contribution is 2.30. The lowest BCUT2D eigenvalue weighted by atomic mass is 10.0. The van der Waals surface area contributed by atoms with Crippen molar-refractivity contribution < 1.29 is 23.9 Å². The van der Waals surface area contributed by atoms with E-state index < -0.39 is 24.0 Å². The lowest BCUT2D eigenvalue weighted by molar-refractivity contribution is -0.139. The van der Waals surface area contributed by atoms with Crippen LogP contribution < -0.4 is 10.6 Å². The summed E-state index contributed by atoms with van der Waals surface area (Å²) in [7, 11) is 0. The number of carbonyl (C=O) groups is 3.